The van der Waals surface area contributed by atoms with E-state index in [1.165, 1.54) is 57.8 Å². The number of hydrogen-bond acceptors (Lipinski definition) is 6. The first-order valence-electron chi connectivity index (χ1n) is 25.3. The molecule has 6 nitrogen and oxygen atoms in total. The second kappa shape index (κ2) is 51.2. The van der Waals surface area contributed by atoms with Gasteiger partial charge in [-0.05, 0) is 57.8 Å². The van der Waals surface area contributed by atoms with Crippen molar-refractivity contribution in [1.82, 2.24) is 0 Å². The van der Waals surface area contributed by atoms with Gasteiger partial charge in [0.15, 0.2) is 6.10 Å². The van der Waals surface area contributed by atoms with E-state index >= 15 is 0 Å². The van der Waals surface area contributed by atoms with Crippen LogP contribution in [0.4, 0.5) is 0 Å². The molecule has 0 aliphatic heterocycles. The average Bonchev–Trinajstić information content (AvgIpc) is 3.29. The topological polar surface area (TPSA) is 78.9 Å². The number of allylic oxidation sites excluding steroid dienone is 22. The quantitative estimate of drug-likeness (QED) is 0.0263. The van der Waals surface area contributed by atoms with Gasteiger partial charge >= 0.3 is 17.9 Å². The van der Waals surface area contributed by atoms with Gasteiger partial charge in [-0.1, -0.05) is 251 Å². The lowest BCUT2D eigenvalue weighted by Gasteiger charge is -2.18. The van der Waals surface area contributed by atoms with E-state index in [9.17, 15) is 14.4 Å². The van der Waals surface area contributed by atoms with Crippen LogP contribution in [-0.2, 0) is 28.6 Å². The standard InChI is InChI=1S/C58H90O6/c1-4-7-10-13-16-19-22-24-26-28-30-31-33-36-39-42-45-48-51-57(60)63-54-55(53-62-56(59)50-47-44-41-38-35-21-18-15-12-9-6-3)64-58(61)52-49-46-43-40-37-34-32-29-27-25-23-20-17-14-11-8-5-2/h8,10-11,13-14,16-17,19-20,22-32,34,37,55H,4-7,9,12,15,18,21,33,35-36,38-54H2,1-3H3/b11-8-,13-10-,17-14-,19-16-,23-20-,24-22-,27-25-,28-26-,31-30-,32-29+,37-34-. The van der Waals surface area contributed by atoms with E-state index in [0.29, 0.717) is 19.3 Å². The van der Waals surface area contributed by atoms with Crippen molar-refractivity contribution in [3.05, 3.63) is 134 Å². The Morgan fingerprint density at radius 2 is 0.641 bits per heavy atom. The summed E-state index contributed by atoms with van der Waals surface area (Å²) in [5.41, 5.74) is 0. The Labute approximate surface area is 392 Å². The molecule has 0 radical (unpaired) electrons. The Kier molecular flexibility index (Phi) is 47.6. The van der Waals surface area contributed by atoms with Crippen molar-refractivity contribution in [1.29, 1.82) is 0 Å². The van der Waals surface area contributed by atoms with Crippen LogP contribution in [0.1, 0.15) is 194 Å². The number of ether oxygens (including phenoxy) is 3. The summed E-state index contributed by atoms with van der Waals surface area (Å²) in [4.78, 5) is 37.9. The van der Waals surface area contributed by atoms with Crippen molar-refractivity contribution >= 4 is 17.9 Å². The molecule has 0 amide bonds. The molecule has 0 rings (SSSR count). The van der Waals surface area contributed by atoms with Gasteiger partial charge in [-0.3, -0.25) is 14.4 Å². The van der Waals surface area contributed by atoms with Gasteiger partial charge in [-0.2, -0.15) is 0 Å². The zero-order chi connectivity index (χ0) is 46.5. The van der Waals surface area contributed by atoms with E-state index in [0.717, 1.165) is 89.9 Å². The zero-order valence-electron chi connectivity index (χ0n) is 40.7. The highest BCUT2D eigenvalue weighted by Gasteiger charge is 2.19. The SMILES string of the molecule is CC\C=C/C=C\C=C/C=C\C=C\C=C/CCCCCC(=O)OC(COC(=O)CCCCCCC\C=C/C=C\C=C/C=C\C=C/CCC)COC(=O)CCCCCCCCCCCCC. The number of hydrogen-bond donors (Lipinski definition) is 0. The lowest BCUT2D eigenvalue weighted by molar-refractivity contribution is -0.167. The number of esters is 3. The number of unbranched alkanes of at least 4 members (excludes halogenated alkanes) is 19. The molecule has 0 heterocycles. The highest BCUT2D eigenvalue weighted by molar-refractivity contribution is 5.71. The smallest absolute Gasteiger partial charge is 0.306 e. The highest BCUT2D eigenvalue weighted by Crippen LogP contribution is 2.14. The molecule has 0 aromatic rings. The van der Waals surface area contributed by atoms with Crippen molar-refractivity contribution in [2.24, 2.45) is 0 Å². The minimum atomic E-state index is -0.815. The maximum atomic E-state index is 12.8. The normalized spacial score (nSPS) is 13.2. The average molecular weight is 883 g/mol. The summed E-state index contributed by atoms with van der Waals surface area (Å²) in [6, 6.07) is 0. The van der Waals surface area contributed by atoms with Crippen LogP contribution in [0.2, 0.25) is 0 Å². The number of carbonyl (C=O) groups excluding carboxylic acids is 3. The summed E-state index contributed by atoms with van der Waals surface area (Å²) in [5, 5.41) is 0. The van der Waals surface area contributed by atoms with Crippen LogP contribution < -0.4 is 0 Å². The summed E-state index contributed by atoms with van der Waals surface area (Å²) in [6.45, 7) is 6.31. The van der Waals surface area contributed by atoms with Crippen LogP contribution in [-0.4, -0.2) is 37.2 Å². The maximum absolute atomic E-state index is 12.8. The van der Waals surface area contributed by atoms with E-state index in [1.807, 2.05) is 97.2 Å². The van der Waals surface area contributed by atoms with E-state index in [-0.39, 0.29) is 37.5 Å². The molecule has 0 saturated carbocycles. The lowest BCUT2D eigenvalue weighted by atomic mass is 10.1. The number of carbonyl (C=O) groups is 3. The maximum Gasteiger partial charge on any atom is 0.306 e. The first kappa shape index (κ1) is 59.6. The fourth-order valence-electron chi connectivity index (χ4n) is 6.38. The van der Waals surface area contributed by atoms with Crippen LogP contribution in [0.25, 0.3) is 0 Å². The third kappa shape index (κ3) is 48.6. The van der Waals surface area contributed by atoms with Crippen molar-refractivity contribution < 1.29 is 28.6 Å². The third-order valence-corrected chi connectivity index (χ3v) is 10.2. The van der Waals surface area contributed by atoms with E-state index in [4.69, 9.17) is 14.2 Å². The minimum Gasteiger partial charge on any atom is -0.462 e. The fraction of sp³-hybridized carbons (Fsp3) is 0.569. The molecule has 0 fully saturated rings. The fourth-order valence-corrected chi connectivity index (χ4v) is 6.38. The Morgan fingerprint density at radius 3 is 1.03 bits per heavy atom. The Balaban J connectivity index is 4.56. The molecule has 0 aliphatic rings. The van der Waals surface area contributed by atoms with Crippen LogP contribution in [0.3, 0.4) is 0 Å². The van der Waals surface area contributed by atoms with Gasteiger partial charge in [0.1, 0.15) is 13.2 Å². The molecule has 1 unspecified atom stereocenters. The molecule has 1 atom stereocenters. The summed E-state index contributed by atoms with van der Waals surface area (Å²) < 4.78 is 16.7. The minimum absolute atomic E-state index is 0.108. The van der Waals surface area contributed by atoms with Crippen molar-refractivity contribution in [2.45, 2.75) is 200 Å². The molecule has 0 aromatic carbocycles. The van der Waals surface area contributed by atoms with Gasteiger partial charge in [0.2, 0.25) is 0 Å². The monoisotopic (exact) mass is 883 g/mol. The van der Waals surface area contributed by atoms with Crippen LogP contribution >= 0.6 is 0 Å². The van der Waals surface area contributed by atoms with Gasteiger partial charge in [0.25, 0.3) is 0 Å². The molecule has 6 heteroatoms. The third-order valence-electron chi connectivity index (χ3n) is 10.2. The zero-order valence-corrected chi connectivity index (χ0v) is 40.7. The summed E-state index contributed by atoms with van der Waals surface area (Å²) in [7, 11) is 0. The molecule has 64 heavy (non-hydrogen) atoms. The van der Waals surface area contributed by atoms with Gasteiger partial charge in [0.05, 0.1) is 0 Å². The molecule has 0 bridgehead atoms. The van der Waals surface area contributed by atoms with E-state index < -0.39 is 6.10 Å². The molecule has 0 N–H and O–H groups in total. The Morgan fingerprint density at radius 1 is 0.328 bits per heavy atom. The second-order valence-electron chi connectivity index (χ2n) is 16.3. The molecule has 0 aliphatic carbocycles. The first-order chi connectivity index (χ1) is 31.5. The van der Waals surface area contributed by atoms with Gasteiger partial charge in [0, 0.05) is 19.3 Å². The predicted octanol–water partition coefficient (Wildman–Crippen LogP) is 16.7. The molecular weight excluding hydrogens is 793 g/mol. The molecule has 358 valence electrons. The van der Waals surface area contributed by atoms with Crippen LogP contribution in [0.5, 0.6) is 0 Å². The highest BCUT2D eigenvalue weighted by atomic mass is 16.6. The van der Waals surface area contributed by atoms with Gasteiger partial charge < -0.3 is 14.2 Å². The van der Waals surface area contributed by atoms with Crippen LogP contribution in [0.15, 0.2) is 134 Å². The summed E-state index contributed by atoms with van der Waals surface area (Å²) >= 11 is 0. The molecule has 0 aromatic heterocycles. The van der Waals surface area contributed by atoms with Crippen molar-refractivity contribution in [2.75, 3.05) is 13.2 Å². The van der Waals surface area contributed by atoms with Crippen molar-refractivity contribution in [3.63, 3.8) is 0 Å². The van der Waals surface area contributed by atoms with Gasteiger partial charge in [-0.15, -0.1) is 0 Å². The predicted molar refractivity (Wildman–Crippen MR) is 274 cm³/mol. The summed E-state index contributed by atoms with van der Waals surface area (Å²) in [6.07, 6.45) is 71.3. The van der Waals surface area contributed by atoms with E-state index in [2.05, 4.69) is 57.2 Å². The Bertz CT molecular complexity index is 1430. The van der Waals surface area contributed by atoms with E-state index in [1.54, 1.807) is 0 Å². The molecule has 0 spiro atoms. The van der Waals surface area contributed by atoms with Crippen molar-refractivity contribution in [3.8, 4) is 0 Å². The summed E-state index contributed by atoms with van der Waals surface area (Å²) in [5.74, 6) is -0.989. The largest absolute Gasteiger partial charge is 0.462 e. The first-order valence-corrected chi connectivity index (χ1v) is 25.3. The van der Waals surface area contributed by atoms with Gasteiger partial charge in [-0.25, -0.2) is 0 Å². The lowest BCUT2D eigenvalue weighted by Crippen LogP contribution is -2.30. The number of rotatable bonds is 43. The van der Waals surface area contributed by atoms with Crippen LogP contribution in [0, 0.1) is 0 Å². The second-order valence-corrected chi connectivity index (χ2v) is 16.3. The molecular formula is C58H90O6. The Hall–Kier alpha value is -4.45. The molecule has 0 saturated heterocycles.